The van der Waals surface area contributed by atoms with Crippen LogP contribution in [0.5, 0.6) is 0 Å². The lowest BCUT2D eigenvalue weighted by Crippen LogP contribution is -2.15. The minimum Gasteiger partial charge on any atom is -0.367 e. The molecule has 1 aromatic carbocycles. The van der Waals surface area contributed by atoms with Gasteiger partial charge in [0.2, 0.25) is 0 Å². The van der Waals surface area contributed by atoms with Crippen molar-refractivity contribution >= 4 is 11.8 Å². The van der Waals surface area contributed by atoms with Crippen LogP contribution in [-0.2, 0) is 4.74 Å². The largest absolute Gasteiger partial charge is 0.367 e. The van der Waals surface area contributed by atoms with Gasteiger partial charge in [0.15, 0.2) is 0 Å². The Labute approximate surface area is 114 Å². The van der Waals surface area contributed by atoms with Crippen LogP contribution in [0.3, 0.4) is 0 Å². The van der Waals surface area contributed by atoms with E-state index in [1.807, 2.05) is 11.8 Å². The van der Waals surface area contributed by atoms with Crippen LogP contribution in [0.2, 0.25) is 0 Å². The monoisotopic (exact) mass is 260 g/mol. The summed E-state index contributed by atoms with van der Waals surface area (Å²) >= 11 is 1.82. The second-order valence-corrected chi connectivity index (χ2v) is 5.66. The molecule has 0 aliphatic carbocycles. The van der Waals surface area contributed by atoms with E-state index in [0.29, 0.717) is 5.44 Å². The van der Waals surface area contributed by atoms with Gasteiger partial charge in [-0.15, -0.1) is 0 Å². The summed E-state index contributed by atoms with van der Waals surface area (Å²) in [5, 5.41) is 0. The van der Waals surface area contributed by atoms with Gasteiger partial charge in [-0.05, 0) is 37.8 Å². The van der Waals surface area contributed by atoms with Crippen LogP contribution < -0.4 is 0 Å². The third-order valence-electron chi connectivity index (χ3n) is 2.88. The Kier molecular flexibility index (Phi) is 5.64. The van der Waals surface area contributed by atoms with E-state index >= 15 is 0 Å². The molecule has 0 N–H and O–H groups in total. The fourth-order valence-corrected chi connectivity index (χ4v) is 3.04. The Morgan fingerprint density at radius 1 is 1.33 bits per heavy atom. The fourth-order valence-electron chi connectivity index (χ4n) is 1.90. The molecule has 0 spiro atoms. The lowest BCUT2D eigenvalue weighted by Gasteiger charge is -2.22. The SMILES string of the molecule is CCCC#Cc1ccccc1SC1CCCCO1. The Morgan fingerprint density at radius 3 is 3.00 bits per heavy atom. The van der Waals surface area contributed by atoms with E-state index in [0.717, 1.165) is 31.4 Å². The zero-order valence-electron chi connectivity index (χ0n) is 10.9. The van der Waals surface area contributed by atoms with Gasteiger partial charge in [-0.3, -0.25) is 0 Å². The molecule has 0 aromatic heterocycles. The van der Waals surface area contributed by atoms with Crippen molar-refractivity contribution in [3.05, 3.63) is 29.8 Å². The molecule has 96 valence electrons. The molecule has 2 heteroatoms. The lowest BCUT2D eigenvalue weighted by atomic mass is 10.2. The zero-order valence-corrected chi connectivity index (χ0v) is 11.8. The van der Waals surface area contributed by atoms with Crippen LogP contribution >= 0.6 is 11.8 Å². The molecule has 1 saturated heterocycles. The number of thioether (sulfide) groups is 1. The lowest BCUT2D eigenvalue weighted by molar-refractivity contribution is 0.0728. The van der Waals surface area contributed by atoms with E-state index < -0.39 is 0 Å². The van der Waals surface area contributed by atoms with Crippen LogP contribution in [0, 0.1) is 11.8 Å². The zero-order chi connectivity index (χ0) is 12.6. The predicted octanol–water partition coefficient (Wildman–Crippen LogP) is 4.46. The molecule has 1 atom stereocenters. The van der Waals surface area contributed by atoms with Crippen molar-refractivity contribution in [2.45, 2.75) is 49.4 Å². The van der Waals surface area contributed by atoms with Crippen LogP contribution in [0.1, 0.15) is 44.6 Å². The number of ether oxygens (including phenoxy) is 1. The minimum absolute atomic E-state index is 0.313. The number of hydrogen-bond acceptors (Lipinski definition) is 2. The molecule has 1 heterocycles. The van der Waals surface area contributed by atoms with Gasteiger partial charge in [0, 0.05) is 23.5 Å². The Bertz CT molecular complexity index is 424. The second-order valence-electron chi connectivity index (χ2n) is 4.46. The summed E-state index contributed by atoms with van der Waals surface area (Å²) in [6.45, 7) is 3.06. The van der Waals surface area contributed by atoms with Gasteiger partial charge >= 0.3 is 0 Å². The average molecular weight is 260 g/mol. The van der Waals surface area contributed by atoms with Gasteiger partial charge in [-0.1, -0.05) is 42.7 Å². The van der Waals surface area contributed by atoms with Gasteiger partial charge in [0.05, 0.1) is 0 Å². The predicted molar refractivity (Wildman–Crippen MR) is 77.7 cm³/mol. The molecule has 1 fully saturated rings. The molecule has 1 aromatic rings. The molecular formula is C16H20OS. The van der Waals surface area contributed by atoms with E-state index in [1.165, 1.54) is 17.7 Å². The first-order chi connectivity index (χ1) is 8.90. The van der Waals surface area contributed by atoms with Crippen LogP contribution in [-0.4, -0.2) is 12.0 Å². The van der Waals surface area contributed by atoms with E-state index in [2.05, 4.69) is 43.0 Å². The molecular weight excluding hydrogens is 240 g/mol. The summed E-state index contributed by atoms with van der Waals surface area (Å²) in [6.07, 6.45) is 5.73. The summed E-state index contributed by atoms with van der Waals surface area (Å²) in [5.41, 5.74) is 1.46. The first-order valence-electron chi connectivity index (χ1n) is 6.76. The maximum atomic E-state index is 5.78. The molecule has 1 aliphatic rings. The smallest absolute Gasteiger partial charge is 0.107 e. The number of benzene rings is 1. The molecule has 0 radical (unpaired) electrons. The van der Waals surface area contributed by atoms with Gasteiger partial charge in [-0.2, -0.15) is 0 Å². The fraction of sp³-hybridized carbons (Fsp3) is 0.500. The average Bonchev–Trinajstić information content (AvgIpc) is 2.42. The van der Waals surface area contributed by atoms with Crippen molar-refractivity contribution in [1.82, 2.24) is 0 Å². The number of hydrogen-bond donors (Lipinski definition) is 0. The highest BCUT2D eigenvalue weighted by atomic mass is 32.2. The summed E-state index contributed by atoms with van der Waals surface area (Å²) in [6, 6.07) is 8.39. The minimum atomic E-state index is 0.313. The number of unbranched alkanes of at least 4 members (excludes halogenated alkanes) is 1. The quantitative estimate of drug-likeness (QED) is 0.742. The van der Waals surface area contributed by atoms with Crippen molar-refractivity contribution in [1.29, 1.82) is 0 Å². The summed E-state index contributed by atoms with van der Waals surface area (Å²) < 4.78 is 5.78. The highest BCUT2D eigenvalue weighted by molar-refractivity contribution is 7.99. The highest BCUT2D eigenvalue weighted by Crippen LogP contribution is 2.32. The molecule has 1 nitrogen and oxygen atoms in total. The number of rotatable bonds is 3. The molecule has 0 saturated carbocycles. The van der Waals surface area contributed by atoms with Crippen LogP contribution in [0.25, 0.3) is 0 Å². The topological polar surface area (TPSA) is 9.23 Å². The maximum absolute atomic E-state index is 5.78. The molecule has 0 bridgehead atoms. The standard InChI is InChI=1S/C16H20OS/c1-2-3-4-9-14-10-5-6-11-15(14)18-16-12-7-8-13-17-16/h5-6,10-11,16H,2-3,7-8,12-13H2,1H3. The van der Waals surface area contributed by atoms with Gasteiger partial charge in [0.25, 0.3) is 0 Å². The first kappa shape index (κ1) is 13.5. The normalized spacial score (nSPS) is 19.1. The van der Waals surface area contributed by atoms with Gasteiger partial charge in [0.1, 0.15) is 5.44 Å². The van der Waals surface area contributed by atoms with Crippen molar-refractivity contribution in [3.8, 4) is 11.8 Å². The van der Waals surface area contributed by atoms with Crippen molar-refractivity contribution < 1.29 is 4.74 Å². The van der Waals surface area contributed by atoms with Gasteiger partial charge < -0.3 is 4.74 Å². The second kappa shape index (κ2) is 7.51. The van der Waals surface area contributed by atoms with E-state index in [1.54, 1.807) is 0 Å². The van der Waals surface area contributed by atoms with Crippen LogP contribution in [0.4, 0.5) is 0 Å². The summed E-state index contributed by atoms with van der Waals surface area (Å²) in [5.74, 6) is 6.50. The molecule has 2 rings (SSSR count). The molecule has 18 heavy (non-hydrogen) atoms. The third-order valence-corrected chi connectivity index (χ3v) is 4.13. The van der Waals surface area contributed by atoms with E-state index in [9.17, 15) is 0 Å². The highest BCUT2D eigenvalue weighted by Gasteiger charge is 2.16. The van der Waals surface area contributed by atoms with Crippen molar-refractivity contribution in [2.24, 2.45) is 0 Å². The Balaban J connectivity index is 2.05. The van der Waals surface area contributed by atoms with Crippen LogP contribution in [0.15, 0.2) is 29.2 Å². The van der Waals surface area contributed by atoms with Crippen molar-refractivity contribution in [3.63, 3.8) is 0 Å². The molecule has 1 unspecified atom stereocenters. The Hall–Kier alpha value is -0.910. The van der Waals surface area contributed by atoms with Crippen molar-refractivity contribution in [2.75, 3.05) is 6.61 Å². The summed E-state index contributed by atoms with van der Waals surface area (Å²) in [4.78, 5) is 1.26. The first-order valence-corrected chi connectivity index (χ1v) is 7.64. The molecule has 1 aliphatic heterocycles. The Morgan fingerprint density at radius 2 is 2.22 bits per heavy atom. The van der Waals surface area contributed by atoms with E-state index in [4.69, 9.17) is 4.74 Å². The van der Waals surface area contributed by atoms with E-state index in [-0.39, 0.29) is 0 Å². The molecule has 0 amide bonds. The third kappa shape index (κ3) is 4.08. The summed E-state index contributed by atoms with van der Waals surface area (Å²) in [7, 11) is 0. The van der Waals surface area contributed by atoms with Gasteiger partial charge in [-0.25, -0.2) is 0 Å². The maximum Gasteiger partial charge on any atom is 0.107 e.